The molecule has 0 saturated heterocycles. The number of halogens is 1. The van der Waals surface area contributed by atoms with Crippen LogP contribution < -0.4 is 0 Å². The summed E-state index contributed by atoms with van der Waals surface area (Å²) in [7, 11) is 0. The Morgan fingerprint density at radius 1 is 1.18 bits per heavy atom. The molecule has 0 bridgehead atoms. The molecule has 3 rings (SSSR count). The summed E-state index contributed by atoms with van der Waals surface area (Å²) in [6.07, 6.45) is 0. The minimum Gasteiger partial charge on any atom is -0.478 e. The molecule has 1 aromatic heterocycles. The third kappa shape index (κ3) is 2.78. The van der Waals surface area contributed by atoms with Gasteiger partial charge in [-0.2, -0.15) is 4.98 Å². The van der Waals surface area contributed by atoms with Gasteiger partial charge in [-0.15, -0.1) is 0 Å². The van der Waals surface area contributed by atoms with E-state index in [0.29, 0.717) is 22.8 Å². The molecule has 0 aliphatic heterocycles. The van der Waals surface area contributed by atoms with Crippen molar-refractivity contribution < 1.29 is 14.4 Å². The fourth-order valence-electron chi connectivity index (χ4n) is 2.12. The number of carboxylic acids is 1. The van der Waals surface area contributed by atoms with Gasteiger partial charge in [-0.3, -0.25) is 0 Å². The Balaban J connectivity index is 1.97. The van der Waals surface area contributed by atoms with Crippen LogP contribution in [-0.4, -0.2) is 21.2 Å². The molecule has 5 nitrogen and oxygen atoms in total. The summed E-state index contributed by atoms with van der Waals surface area (Å²) >= 11 is 3.40. The van der Waals surface area contributed by atoms with Crippen LogP contribution in [0.25, 0.3) is 22.8 Å². The van der Waals surface area contributed by atoms with E-state index in [-0.39, 0.29) is 5.56 Å². The van der Waals surface area contributed by atoms with Gasteiger partial charge in [0.1, 0.15) is 0 Å². The van der Waals surface area contributed by atoms with Crippen LogP contribution in [0, 0.1) is 6.92 Å². The first-order chi connectivity index (χ1) is 10.5. The molecule has 1 N–H and O–H groups in total. The number of carboxylic acid groups (broad SMARTS) is 1. The van der Waals surface area contributed by atoms with Crippen LogP contribution >= 0.6 is 15.9 Å². The van der Waals surface area contributed by atoms with Gasteiger partial charge in [0.15, 0.2) is 0 Å². The van der Waals surface area contributed by atoms with E-state index in [9.17, 15) is 4.79 Å². The van der Waals surface area contributed by atoms with Crippen LogP contribution in [0.5, 0.6) is 0 Å². The molecule has 0 radical (unpaired) electrons. The summed E-state index contributed by atoms with van der Waals surface area (Å²) in [5.74, 6) is -0.113. The number of rotatable bonds is 3. The standard InChI is InChI=1S/C16H11BrN2O3/c1-9-7-10(5-6-13(9)16(20)21)14-18-15(22-19-14)11-3-2-4-12(17)8-11/h2-8H,1H3,(H,20,21). The van der Waals surface area contributed by atoms with Crippen molar-refractivity contribution in [1.82, 2.24) is 10.1 Å². The van der Waals surface area contributed by atoms with E-state index in [2.05, 4.69) is 26.1 Å². The van der Waals surface area contributed by atoms with E-state index in [1.165, 1.54) is 0 Å². The zero-order valence-corrected chi connectivity index (χ0v) is 13.2. The minimum atomic E-state index is -0.952. The maximum absolute atomic E-state index is 11.0. The Hall–Kier alpha value is -2.47. The number of aryl methyl sites for hydroxylation is 1. The number of hydrogen-bond acceptors (Lipinski definition) is 4. The first-order valence-electron chi connectivity index (χ1n) is 6.48. The fraction of sp³-hybridized carbons (Fsp3) is 0.0625. The minimum absolute atomic E-state index is 0.263. The van der Waals surface area contributed by atoms with E-state index < -0.39 is 5.97 Å². The average molecular weight is 359 g/mol. The molecule has 0 saturated carbocycles. The van der Waals surface area contributed by atoms with Crippen LogP contribution in [-0.2, 0) is 0 Å². The first kappa shape index (κ1) is 14.5. The predicted octanol–water partition coefficient (Wildman–Crippen LogP) is 4.17. The molecule has 22 heavy (non-hydrogen) atoms. The third-order valence-electron chi connectivity index (χ3n) is 3.21. The highest BCUT2D eigenvalue weighted by atomic mass is 79.9. The summed E-state index contributed by atoms with van der Waals surface area (Å²) < 4.78 is 6.20. The van der Waals surface area contributed by atoms with Crippen LogP contribution in [0.4, 0.5) is 0 Å². The number of aromatic carboxylic acids is 1. The van der Waals surface area contributed by atoms with Gasteiger partial charge >= 0.3 is 5.97 Å². The van der Waals surface area contributed by atoms with Crippen LogP contribution in [0.1, 0.15) is 15.9 Å². The molecule has 0 atom stereocenters. The molecule has 0 aliphatic carbocycles. The lowest BCUT2D eigenvalue weighted by atomic mass is 10.0. The maximum Gasteiger partial charge on any atom is 0.335 e. The molecular weight excluding hydrogens is 348 g/mol. The lowest BCUT2D eigenvalue weighted by Gasteiger charge is -2.01. The van der Waals surface area contributed by atoms with Gasteiger partial charge in [-0.1, -0.05) is 33.2 Å². The lowest BCUT2D eigenvalue weighted by Crippen LogP contribution is -1.99. The molecule has 6 heteroatoms. The number of nitrogens with zero attached hydrogens (tertiary/aromatic N) is 2. The van der Waals surface area contributed by atoms with Crippen molar-refractivity contribution in [2.75, 3.05) is 0 Å². The zero-order valence-electron chi connectivity index (χ0n) is 11.6. The predicted molar refractivity (Wildman–Crippen MR) is 84.6 cm³/mol. The molecule has 0 fully saturated rings. The molecule has 2 aromatic carbocycles. The summed E-state index contributed by atoms with van der Waals surface area (Å²) in [5, 5.41) is 13.0. The van der Waals surface area contributed by atoms with E-state index >= 15 is 0 Å². The van der Waals surface area contributed by atoms with Crippen molar-refractivity contribution >= 4 is 21.9 Å². The molecule has 3 aromatic rings. The topological polar surface area (TPSA) is 76.2 Å². The van der Waals surface area contributed by atoms with Crippen molar-refractivity contribution in [3.05, 3.63) is 58.1 Å². The van der Waals surface area contributed by atoms with Gasteiger partial charge in [0.25, 0.3) is 5.89 Å². The Morgan fingerprint density at radius 2 is 2.00 bits per heavy atom. The molecule has 110 valence electrons. The number of hydrogen-bond donors (Lipinski definition) is 1. The lowest BCUT2D eigenvalue weighted by molar-refractivity contribution is 0.0696. The highest BCUT2D eigenvalue weighted by Crippen LogP contribution is 2.25. The molecule has 1 heterocycles. The largest absolute Gasteiger partial charge is 0.478 e. The van der Waals surface area contributed by atoms with Crippen LogP contribution in [0.2, 0.25) is 0 Å². The normalized spacial score (nSPS) is 10.6. The smallest absolute Gasteiger partial charge is 0.335 e. The number of carbonyl (C=O) groups is 1. The molecule has 0 spiro atoms. The van der Waals surface area contributed by atoms with Gasteiger partial charge in [0, 0.05) is 15.6 Å². The summed E-state index contributed by atoms with van der Waals surface area (Å²) in [6, 6.07) is 12.5. The SMILES string of the molecule is Cc1cc(-c2noc(-c3cccc(Br)c3)n2)ccc1C(=O)O. The van der Waals surface area contributed by atoms with Gasteiger partial charge in [0.05, 0.1) is 5.56 Å². The van der Waals surface area contributed by atoms with Crippen LogP contribution in [0.15, 0.2) is 51.5 Å². The van der Waals surface area contributed by atoms with E-state index in [1.54, 1.807) is 25.1 Å². The van der Waals surface area contributed by atoms with Crippen molar-refractivity contribution in [3.8, 4) is 22.8 Å². The second kappa shape index (κ2) is 5.73. The monoisotopic (exact) mass is 358 g/mol. The summed E-state index contributed by atoms with van der Waals surface area (Å²) in [4.78, 5) is 15.4. The molecule has 0 amide bonds. The Labute approximate surface area is 134 Å². The molecular formula is C16H11BrN2O3. The Bertz CT molecular complexity index is 858. The highest BCUT2D eigenvalue weighted by Gasteiger charge is 2.13. The van der Waals surface area contributed by atoms with Crippen molar-refractivity contribution in [2.45, 2.75) is 6.92 Å². The summed E-state index contributed by atoms with van der Waals surface area (Å²) in [6.45, 7) is 1.74. The van der Waals surface area contributed by atoms with E-state index in [0.717, 1.165) is 10.0 Å². The van der Waals surface area contributed by atoms with Crippen molar-refractivity contribution in [3.63, 3.8) is 0 Å². The fourth-order valence-corrected chi connectivity index (χ4v) is 2.52. The van der Waals surface area contributed by atoms with Crippen LogP contribution in [0.3, 0.4) is 0 Å². The quantitative estimate of drug-likeness (QED) is 0.760. The Kier molecular flexibility index (Phi) is 3.77. The van der Waals surface area contributed by atoms with Gasteiger partial charge in [0.2, 0.25) is 5.82 Å². The average Bonchev–Trinajstić information content (AvgIpc) is 2.96. The second-order valence-corrected chi connectivity index (χ2v) is 5.68. The summed E-state index contributed by atoms with van der Waals surface area (Å²) in [5.41, 5.74) is 2.44. The van der Waals surface area contributed by atoms with Crippen molar-refractivity contribution in [2.24, 2.45) is 0 Å². The second-order valence-electron chi connectivity index (χ2n) is 4.77. The third-order valence-corrected chi connectivity index (χ3v) is 3.71. The Morgan fingerprint density at radius 3 is 2.68 bits per heavy atom. The van der Waals surface area contributed by atoms with Crippen molar-refractivity contribution in [1.29, 1.82) is 0 Å². The molecule has 0 aliphatic rings. The van der Waals surface area contributed by atoms with Gasteiger partial charge < -0.3 is 9.63 Å². The van der Waals surface area contributed by atoms with Gasteiger partial charge in [-0.25, -0.2) is 4.79 Å². The van der Waals surface area contributed by atoms with E-state index in [4.69, 9.17) is 9.63 Å². The van der Waals surface area contributed by atoms with E-state index in [1.807, 2.05) is 24.3 Å². The number of aromatic nitrogens is 2. The zero-order chi connectivity index (χ0) is 15.7. The first-order valence-corrected chi connectivity index (χ1v) is 7.28. The van der Waals surface area contributed by atoms with Gasteiger partial charge in [-0.05, 0) is 42.8 Å². The molecule has 0 unspecified atom stereocenters. The highest BCUT2D eigenvalue weighted by molar-refractivity contribution is 9.10. The number of benzene rings is 2. The maximum atomic E-state index is 11.0.